The lowest BCUT2D eigenvalue weighted by atomic mass is 10.0. The summed E-state index contributed by atoms with van der Waals surface area (Å²) in [6.45, 7) is 2.18. The van der Waals surface area contributed by atoms with Gasteiger partial charge >= 0.3 is 0 Å². The quantitative estimate of drug-likeness (QED) is 0.887. The smallest absolute Gasteiger partial charge is 0.156 e. The molecule has 4 nitrogen and oxygen atoms in total. The molecule has 0 saturated carbocycles. The molecule has 0 aliphatic carbocycles. The minimum Gasteiger partial charge on any atom is -0.321 e. The van der Waals surface area contributed by atoms with E-state index in [0.29, 0.717) is 6.04 Å². The number of thiophene rings is 1. The van der Waals surface area contributed by atoms with Gasteiger partial charge in [-0.3, -0.25) is 0 Å². The van der Waals surface area contributed by atoms with Crippen molar-refractivity contribution >= 4 is 11.3 Å². The minimum atomic E-state index is 0.0517. The number of nitrogens with two attached hydrogens (primary N) is 1. The molecule has 2 aromatic heterocycles. The molecule has 2 N–H and O–H groups in total. The van der Waals surface area contributed by atoms with Crippen LogP contribution in [0.4, 0.5) is 0 Å². The van der Waals surface area contributed by atoms with E-state index in [2.05, 4.69) is 34.5 Å². The summed E-state index contributed by atoms with van der Waals surface area (Å²) in [5.74, 6) is 1.85. The molecular formula is C12H16N4S. The van der Waals surface area contributed by atoms with Gasteiger partial charge in [-0.2, -0.15) is 5.10 Å². The predicted octanol–water partition coefficient (Wildman–Crippen LogP) is 2.29. The average molecular weight is 248 g/mol. The monoisotopic (exact) mass is 248 g/mol. The maximum atomic E-state index is 6.07. The van der Waals surface area contributed by atoms with Gasteiger partial charge in [-0.25, -0.2) is 9.67 Å². The van der Waals surface area contributed by atoms with Gasteiger partial charge < -0.3 is 5.73 Å². The first-order chi connectivity index (χ1) is 8.24. The second-order valence-electron chi connectivity index (χ2n) is 4.62. The Kier molecular flexibility index (Phi) is 2.72. The number of rotatable bonds is 2. The SMILES string of the molecule is CC1CCC(N)c2nc(Cc3cccs3)nn21. The van der Waals surface area contributed by atoms with Gasteiger partial charge in [-0.1, -0.05) is 6.07 Å². The summed E-state index contributed by atoms with van der Waals surface area (Å²) >= 11 is 1.74. The third kappa shape index (κ3) is 2.00. The first-order valence-electron chi connectivity index (χ1n) is 5.97. The van der Waals surface area contributed by atoms with Crippen molar-refractivity contribution in [3.05, 3.63) is 34.0 Å². The Balaban J connectivity index is 1.90. The summed E-state index contributed by atoms with van der Waals surface area (Å²) in [4.78, 5) is 5.89. The Hall–Kier alpha value is -1.20. The lowest BCUT2D eigenvalue weighted by molar-refractivity contribution is 0.349. The molecular weight excluding hydrogens is 232 g/mol. The van der Waals surface area contributed by atoms with Gasteiger partial charge in [-0.15, -0.1) is 11.3 Å². The molecule has 2 atom stereocenters. The lowest BCUT2D eigenvalue weighted by Crippen LogP contribution is -2.25. The van der Waals surface area contributed by atoms with Crippen LogP contribution in [0.1, 0.15) is 48.4 Å². The Labute approximate surface area is 104 Å². The fraction of sp³-hybridized carbons (Fsp3) is 0.500. The van der Waals surface area contributed by atoms with Gasteiger partial charge in [0.15, 0.2) is 5.82 Å². The van der Waals surface area contributed by atoms with Crippen molar-refractivity contribution in [3.8, 4) is 0 Å². The molecule has 0 fully saturated rings. The maximum absolute atomic E-state index is 6.07. The first-order valence-corrected chi connectivity index (χ1v) is 6.85. The van der Waals surface area contributed by atoms with Gasteiger partial charge in [0.05, 0.1) is 12.1 Å². The normalized spacial score (nSPS) is 23.6. The van der Waals surface area contributed by atoms with Gasteiger partial charge in [0.1, 0.15) is 5.82 Å². The van der Waals surface area contributed by atoms with Gasteiger partial charge in [0, 0.05) is 11.3 Å². The fourth-order valence-corrected chi connectivity index (χ4v) is 2.98. The topological polar surface area (TPSA) is 56.7 Å². The van der Waals surface area contributed by atoms with Gasteiger partial charge in [-0.05, 0) is 31.2 Å². The summed E-state index contributed by atoms with van der Waals surface area (Å²) in [6, 6.07) is 4.66. The van der Waals surface area contributed by atoms with Crippen molar-refractivity contribution in [1.82, 2.24) is 14.8 Å². The number of hydrogen-bond acceptors (Lipinski definition) is 4. The molecule has 0 spiro atoms. The highest BCUT2D eigenvalue weighted by Crippen LogP contribution is 2.28. The molecule has 3 rings (SSSR count). The van der Waals surface area contributed by atoms with E-state index in [4.69, 9.17) is 5.73 Å². The molecule has 0 radical (unpaired) electrons. The molecule has 3 heterocycles. The van der Waals surface area contributed by atoms with Crippen LogP contribution < -0.4 is 5.73 Å². The van der Waals surface area contributed by atoms with Crippen LogP contribution in [0.15, 0.2) is 17.5 Å². The average Bonchev–Trinajstić information content (AvgIpc) is 2.94. The third-order valence-corrected chi connectivity index (χ3v) is 4.13. The van der Waals surface area contributed by atoms with Gasteiger partial charge in [0.2, 0.25) is 0 Å². The van der Waals surface area contributed by atoms with E-state index in [0.717, 1.165) is 30.9 Å². The van der Waals surface area contributed by atoms with E-state index in [1.54, 1.807) is 11.3 Å². The van der Waals surface area contributed by atoms with Crippen LogP contribution in [0.25, 0.3) is 0 Å². The number of hydrogen-bond donors (Lipinski definition) is 1. The van der Waals surface area contributed by atoms with E-state index in [9.17, 15) is 0 Å². The molecule has 0 bridgehead atoms. The lowest BCUT2D eigenvalue weighted by Gasteiger charge is -2.23. The molecule has 17 heavy (non-hydrogen) atoms. The standard InChI is InChI=1S/C12H16N4S/c1-8-4-5-10(13)12-14-11(15-16(8)12)7-9-3-2-6-17-9/h2-3,6,8,10H,4-5,7,13H2,1H3. The van der Waals surface area contributed by atoms with Crippen molar-refractivity contribution in [3.63, 3.8) is 0 Å². The van der Waals surface area contributed by atoms with Crippen molar-refractivity contribution < 1.29 is 0 Å². The fourth-order valence-electron chi connectivity index (χ4n) is 2.27. The second kappa shape index (κ2) is 4.23. The Morgan fingerprint density at radius 2 is 2.41 bits per heavy atom. The summed E-state index contributed by atoms with van der Waals surface area (Å²) < 4.78 is 2.01. The van der Waals surface area contributed by atoms with E-state index >= 15 is 0 Å². The molecule has 2 aromatic rings. The van der Waals surface area contributed by atoms with E-state index < -0.39 is 0 Å². The highest BCUT2D eigenvalue weighted by Gasteiger charge is 2.25. The first kappa shape index (κ1) is 10.9. The second-order valence-corrected chi connectivity index (χ2v) is 5.65. The van der Waals surface area contributed by atoms with Crippen LogP contribution in [0.2, 0.25) is 0 Å². The van der Waals surface area contributed by atoms with Crippen LogP contribution >= 0.6 is 11.3 Å². The van der Waals surface area contributed by atoms with Gasteiger partial charge in [0.25, 0.3) is 0 Å². The Morgan fingerprint density at radius 1 is 1.53 bits per heavy atom. The predicted molar refractivity (Wildman–Crippen MR) is 68.0 cm³/mol. The zero-order valence-electron chi connectivity index (χ0n) is 9.84. The summed E-state index contributed by atoms with van der Waals surface area (Å²) in [6.07, 6.45) is 2.92. The van der Waals surface area contributed by atoms with Crippen LogP contribution in [0.3, 0.4) is 0 Å². The zero-order chi connectivity index (χ0) is 11.8. The Bertz CT molecular complexity index is 475. The molecule has 5 heteroatoms. The van der Waals surface area contributed by atoms with Crippen LogP contribution in [0.5, 0.6) is 0 Å². The molecule has 1 aliphatic rings. The molecule has 1 aliphatic heterocycles. The highest BCUT2D eigenvalue weighted by atomic mass is 32.1. The molecule has 0 saturated heterocycles. The van der Waals surface area contributed by atoms with Crippen LogP contribution in [-0.4, -0.2) is 14.8 Å². The van der Waals surface area contributed by atoms with E-state index in [1.165, 1.54) is 4.88 Å². The van der Waals surface area contributed by atoms with Crippen molar-refractivity contribution in [2.75, 3.05) is 0 Å². The molecule has 90 valence electrons. The molecule has 0 amide bonds. The highest BCUT2D eigenvalue weighted by molar-refractivity contribution is 7.09. The zero-order valence-corrected chi connectivity index (χ0v) is 10.7. The number of fused-ring (bicyclic) bond motifs is 1. The van der Waals surface area contributed by atoms with E-state index in [1.807, 2.05) is 4.68 Å². The number of aromatic nitrogens is 3. The molecule has 2 unspecified atom stereocenters. The van der Waals surface area contributed by atoms with Crippen LogP contribution in [-0.2, 0) is 6.42 Å². The maximum Gasteiger partial charge on any atom is 0.156 e. The molecule has 0 aromatic carbocycles. The summed E-state index contributed by atoms with van der Waals surface area (Å²) in [5.41, 5.74) is 6.07. The largest absolute Gasteiger partial charge is 0.321 e. The van der Waals surface area contributed by atoms with Crippen molar-refractivity contribution in [2.24, 2.45) is 5.73 Å². The van der Waals surface area contributed by atoms with E-state index in [-0.39, 0.29) is 6.04 Å². The minimum absolute atomic E-state index is 0.0517. The van der Waals surface area contributed by atoms with Crippen LogP contribution in [0, 0.1) is 0 Å². The summed E-state index contributed by atoms with van der Waals surface area (Å²) in [7, 11) is 0. The Morgan fingerprint density at radius 3 is 3.12 bits per heavy atom. The summed E-state index contributed by atoms with van der Waals surface area (Å²) in [5, 5.41) is 6.67. The third-order valence-electron chi connectivity index (χ3n) is 3.26. The van der Waals surface area contributed by atoms with Crippen molar-refractivity contribution in [2.45, 2.75) is 38.3 Å². The number of nitrogens with zero attached hydrogens (tertiary/aromatic N) is 3. The van der Waals surface area contributed by atoms with Crippen molar-refractivity contribution in [1.29, 1.82) is 0 Å².